The van der Waals surface area contributed by atoms with E-state index in [1.54, 1.807) is 0 Å². The zero-order valence-corrected chi connectivity index (χ0v) is 13.6. The molecule has 6 heteroatoms. The van der Waals surface area contributed by atoms with Gasteiger partial charge in [0.25, 0.3) is 0 Å². The van der Waals surface area contributed by atoms with Crippen LogP contribution in [-0.2, 0) is 0 Å². The van der Waals surface area contributed by atoms with Crippen molar-refractivity contribution in [2.45, 2.75) is 14.7 Å². The molecule has 0 radical (unpaired) electrons. The van der Waals surface area contributed by atoms with E-state index in [1.807, 2.05) is 0 Å². The first-order chi connectivity index (χ1) is 11.4. The number of rotatable bonds is 3. The number of halogens is 4. The van der Waals surface area contributed by atoms with Gasteiger partial charge in [0.15, 0.2) is 0 Å². The molecule has 0 unspecified atom stereocenters. The average molecular weight is 351 g/mol. The molecule has 0 saturated heterocycles. The van der Waals surface area contributed by atoms with Crippen LogP contribution in [0.15, 0.2) is 106 Å². The zero-order chi connectivity index (χ0) is 17.4. The van der Waals surface area contributed by atoms with Crippen LogP contribution in [0, 0.1) is 0 Å². The third-order valence-electron chi connectivity index (χ3n) is 3.04. The van der Waals surface area contributed by atoms with E-state index in [1.165, 1.54) is 14.7 Å². The van der Waals surface area contributed by atoms with E-state index < -0.39 is 18.1 Å². The number of hydrogen-bond donors (Lipinski definition) is 1. The summed E-state index contributed by atoms with van der Waals surface area (Å²) in [6, 6.07) is 32.3. The van der Waals surface area contributed by atoms with Crippen LogP contribution in [0.2, 0.25) is 0 Å². The van der Waals surface area contributed by atoms with Crippen molar-refractivity contribution in [1.82, 2.24) is 0 Å². The van der Waals surface area contributed by atoms with Crippen LogP contribution in [0.25, 0.3) is 0 Å². The van der Waals surface area contributed by atoms with Crippen molar-refractivity contribution in [1.29, 1.82) is 0 Å². The van der Waals surface area contributed by atoms with Crippen LogP contribution in [0.5, 0.6) is 0 Å². The summed E-state index contributed by atoms with van der Waals surface area (Å²) in [5.74, 6) is 0. The van der Waals surface area contributed by atoms with E-state index in [2.05, 4.69) is 91.0 Å². The summed E-state index contributed by atoms with van der Waals surface area (Å²) in [7, 11) is -6.45. The van der Waals surface area contributed by atoms with Gasteiger partial charge in [0.05, 0.1) is 0 Å². The Balaban J connectivity index is 0.000000368. The molecular weight excluding hydrogens is 335 g/mol. The van der Waals surface area contributed by atoms with Crippen LogP contribution >= 0.6 is 10.9 Å². The number of benzene rings is 3. The Morgan fingerprint density at radius 3 is 0.875 bits per heavy atom. The standard InChI is InChI=1S/C18H16S.BF4/c1-4-10-16(11-5-1)19(17-12-6-2-7-13-17)18-14-8-3-9-15-18;2-1(3,4)5/h1-15,19H;/q;-1. The predicted octanol–water partition coefficient (Wildman–Crippen LogP) is 6.46. The molecule has 0 nitrogen and oxygen atoms in total. The summed E-state index contributed by atoms with van der Waals surface area (Å²) in [6.45, 7) is 0. The van der Waals surface area contributed by atoms with Crippen molar-refractivity contribution in [3.05, 3.63) is 91.0 Å². The fourth-order valence-electron chi connectivity index (χ4n) is 2.18. The second-order valence-corrected chi connectivity index (χ2v) is 7.06. The Bertz CT molecular complexity index is 618. The summed E-state index contributed by atoms with van der Waals surface area (Å²) in [5.41, 5.74) is 0. The number of thiol groups is 1. The number of hydrogen-bond acceptors (Lipinski definition) is 0. The second kappa shape index (κ2) is 8.59. The quantitative estimate of drug-likeness (QED) is 0.312. The molecule has 0 aromatic heterocycles. The molecule has 0 spiro atoms. The molecule has 0 saturated carbocycles. The molecule has 3 aromatic carbocycles. The summed E-state index contributed by atoms with van der Waals surface area (Å²) in [4.78, 5) is 4.19. The Labute approximate surface area is 141 Å². The lowest BCUT2D eigenvalue weighted by Gasteiger charge is -2.23. The van der Waals surface area contributed by atoms with Crippen molar-refractivity contribution in [2.75, 3.05) is 0 Å². The van der Waals surface area contributed by atoms with Gasteiger partial charge >= 0.3 is 7.25 Å². The molecule has 0 heterocycles. The molecule has 0 amide bonds. The van der Waals surface area contributed by atoms with Crippen LogP contribution < -0.4 is 0 Å². The highest BCUT2D eigenvalue weighted by molar-refractivity contribution is 8.17. The average Bonchev–Trinajstić information content (AvgIpc) is 2.57. The molecule has 0 atom stereocenters. The lowest BCUT2D eigenvalue weighted by atomic mass is 10.3. The van der Waals surface area contributed by atoms with Crippen LogP contribution in [-0.4, -0.2) is 7.25 Å². The monoisotopic (exact) mass is 351 g/mol. The lowest BCUT2D eigenvalue weighted by Crippen LogP contribution is -2.02. The second-order valence-electron chi connectivity index (χ2n) is 4.84. The Morgan fingerprint density at radius 1 is 0.458 bits per heavy atom. The van der Waals surface area contributed by atoms with Crippen molar-refractivity contribution < 1.29 is 17.3 Å². The van der Waals surface area contributed by atoms with Gasteiger partial charge in [-0.25, -0.2) is 0 Å². The molecule has 0 aliphatic carbocycles. The molecule has 3 aromatic rings. The molecular formula is C18H16BF4S-. The normalized spacial score (nSPS) is 11.2. The Hall–Kier alpha value is -2.21. The fourth-order valence-corrected chi connectivity index (χ4v) is 4.48. The summed E-state index contributed by atoms with van der Waals surface area (Å²) in [6.07, 6.45) is 0. The zero-order valence-electron chi connectivity index (χ0n) is 12.7. The van der Waals surface area contributed by atoms with Crippen LogP contribution in [0.3, 0.4) is 0 Å². The van der Waals surface area contributed by atoms with Crippen molar-refractivity contribution in [3.63, 3.8) is 0 Å². The van der Waals surface area contributed by atoms with E-state index in [-0.39, 0.29) is 0 Å². The van der Waals surface area contributed by atoms with Gasteiger partial charge in [-0.1, -0.05) is 54.6 Å². The molecule has 0 N–H and O–H groups in total. The fraction of sp³-hybridized carbons (Fsp3) is 0. The van der Waals surface area contributed by atoms with E-state index >= 15 is 0 Å². The van der Waals surface area contributed by atoms with Gasteiger partial charge in [-0.2, -0.15) is 10.9 Å². The predicted molar refractivity (Wildman–Crippen MR) is 93.3 cm³/mol. The van der Waals surface area contributed by atoms with Crippen LogP contribution in [0.4, 0.5) is 17.3 Å². The maximum absolute atomic E-state index is 9.75. The Kier molecular flexibility index (Phi) is 6.49. The molecule has 0 fully saturated rings. The Morgan fingerprint density at radius 2 is 0.667 bits per heavy atom. The highest BCUT2D eigenvalue weighted by atomic mass is 32.2. The first-order valence-electron chi connectivity index (χ1n) is 7.28. The molecule has 0 aliphatic rings. The maximum atomic E-state index is 9.75. The third-order valence-corrected chi connectivity index (χ3v) is 5.49. The van der Waals surface area contributed by atoms with E-state index in [4.69, 9.17) is 0 Å². The maximum Gasteiger partial charge on any atom is 0.673 e. The van der Waals surface area contributed by atoms with Crippen LogP contribution in [0.1, 0.15) is 0 Å². The smallest absolute Gasteiger partial charge is 0.418 e. The first kappa shape index (κ1) is 18.1. The minimum absolute atomic E-state index is 0.446. The van der Waals surface area contributed by atoms with Gasteiger partial charge in [0.2, 0.25) is 0 Å². The summed E-state index contributed by atoms with van der Waals surface area (Å²) in [5, 5.41) is 0. The molecule has 126 valence electrons. The molecule has 0 bridgehead atoms. The summed E-state index contributed by atoms with van der Waals surface area (Å²) < 4.78 is 39.0. The topological polar surface area (TPSA) is 0 Å². The van der Waals surface area contributed by atoms with Gasteiger partial charge in [-0.3, -0.25) is 0 Å². The van der Waals surface area contributed by atoms with Gasteiger partial charge in [-0.05, 0) is 51.1 Å². The van der Waals surface area contributed by atoms with Crippen molar-refractivity contribution in [2.24, 2.45) is 0 Å². The first-order valence-corrected chi connectivity index (χ1v) is 8.62. The largest absolute Gasteiger partial charge is 0.673 e. The minimum Gasteiger partial charge on any atom is -0.418 e. The highest BCUT2D eigenvalue weighted by Gasteiger charge is 2.20. The lowest BCUT2D eigenvalue weighted by molar-refractivity contribution is 0.368. The van der Waals surface area contributed by atoms with Crippen molar-refractivity contribution >= 4 is 18.1 Å². The molecule has 3 rings (SSSR count). The van der Waals surface area contributed by atoms with E-state index in [9.17, 15) is 17.3 Å². The SMILES string of the molecule is F[B-](F)(F)F.c1ccc([SH](c2ccccc2)c2ccccc2)cc1. The van der Waals surface area contributed by atoms with Crippen molar-refractivity contribution in [3.8, 4) is 0 Å². The molecule has 0 aliphatic heterocycles. The van der Waals surface area contributed by atoms with Gasteiger partial charge in [-0.15, -0.1) is 0 Å². The van der Waals surface area contributed by atoms with Gasteiger partial charge < -0.3 is 17.3 Å². The summed E-state index contributed by atoms with van der Waals surface area (Å²) >= 11 is 0. The highest BCUT2D eigenvalue weighted by Crippen LogP contribution is 2.50. The van der Waals surface area contributed by atoms with E-state index in [0.717, 1.165) is 0 Å². The van der Waals surface area contributed by atoms with E-state index in [0.29, 0.717) is 0 Å². The van der Waals surface area contributed by atoms with Gasteiger partial charge in [0, 0.05) is 0 Å². The molecule has 24 heavy (non-hydrogen) atoms. The minimum atomic E-state index is -6.00. The third kappa shape index (κ3) is 6.12. The van der Waals surface area contributed by atoms with Gasteiger partial charge in [0.1, 0.15) is 0 Å².